The molecule has 4 nitrogen and oxygen atoms in total. The van der Waals surface area contributed by atoms with Crippen LogP contribution in [0.25, 0.3) is 0 Å². The van der Waals surface area contributed by atoms with Crippen molar-refractivity contribution >= 4 is 18.2 Å². The highest BCUT2D eigenvalue weighted by molar-refractivity contribution is 5.95. The summed E-state index contributed by atoms with van der Waals surface area (Å²) in [6, 6.07) is 3.66. The van der Waals surface area contributed by atoms with Gasteiger partial charge in [0.05, 0.1) is 12.2 Å². The maximum Gasteiger partial charge on any atom is 0.192 e. The van der Waals surface area contributed by atoms with Crippen LogP contribution in [0.1, 0.15) is 23.3 Å². The summed E-state index contributed by atoms with van der Waals surface area (Å²) in [5, 5.41) is 6.58. The molecule has 0 bridgehead atoms. The Hall–Kier alpha value is -0.840. The average molecular weight is 258 g/mol. The molecule has 0 radical (unpaired) electrons. The second kappa shape index (κ2) is 7.48. The van der Waals surface area contributed by atoms with Crippen molar-refractivity contribution in [2.75, 3.05) is 26.2 Å². The quantitative estimate of drug-likeness (QED) is 0.695. The monoisotopic (exact) mass is 257 g/mol. The molecule has 5 heteroatoms. The first-order valence-corrected chi connectivity index (χ1v) is 5.94. The Morgan fingerprint density at radius 3 is 2.82 bits per heavy atom. The summed E-state index contributed by atoms with van der Waals surface area (Å²) < 4.78 is 0. The number of aromatic amines is 1. The zero-order chi connectivity index (χ0) is 11.2. The standard InChI is InChI=1S/C12H19N3O.ClH/c16-12(11-2-1-5-15-11)9-14-8-10-3-6-13-7-4-10;/h1-2,5,10,13-15H,3-4,6-9H2;1H. The SMILES string of the molecule is Cl.O=C(CNCC1CCNCC1)c1ccc[nH]1. The third kappa shape index (κ3) is 4.50. The van der Waals surface area contributed by atoms with Gasteiger partial charge in [0, 0.05) is 6.20 Å². The number of nitrogens with one attached hydrogen (secondary N) is 3. The number of carbonyl (C=O) groups excluding carboxylic acids is 1. The fourth-order valence-electron chi connectivity index (χ4n) is 2.07. The minimum Gasteiger partial charge on any atom is -0.359 e. The second-order valence-electron chi connectivity index (χ2n) is 4.33. The largest absolute Gasteiger partial charge is 0.359 e. The van der Waals surface area contributed by atoms with Crippen molar-refractivity contribution in [3.8, 4) is 0 Å². The van der Waals surface area contributed by atoms with Crippen LogP contribution in [0, 0.1) is 5.92 Å². The molecule has 0 saturated carbocycles. The smallest absolute Gasteiger partial charge is 0.192 e. The van der Waals surface area contributed by atoms with Crippen molar-refractivity contribution in [2.24, 2.45) is 5.92 Å². The van der Waals surface area contributed by atoms with Crippen molar-refractivity contribution in [2.45, 2.75) is 12.8 Å². The molecule has 1 aromatic heterocycles. The Morgan fingerprint density at radius 2 is 2.18 bits per heavy atom. The Kier molecular flexibility index (Phi) is 6.26. The summed E-state index contributed by atoms with van der Waals surface area (Å²) in [6.45, 7) is 3.60. The molecule has 1 aliphatic rings. The van der Waals surface area contributed by atoms with Crippen molar-refractivity contribution in [3.05, 3.63) is 24.0 Å². The third-order valence-corrected chi connectivity index (χ3v) is 3.08. The van der Waals surface area contributed by atoms with Gasteiger partial charge in [0.2, 0.25) is 0 Å². The Morgan fingerprint density at radius 1 is 1.41 bits per heavy atom. The average Bonchev–Trinajstić information content (AvgIpc) is 2.84. The lowest BCUT2D eigenvalue weighted by molar-refractivity contribution is 0.0985. The molecular formula is C12H20ClN3O. The molecule has 2 heterocycles. The summed E-state index contributed by atoms with van der Waals surface area (Å²) in [5.41, 5.74) is 0.692. The van der Waals surface area contributed by atoms with Gasteiger partial charge in [0.1, 0.15) is 0 Å². The van der Waals surface area contributed by atoms with Crippen LogP contribution >= 0.6 is 12.4 Å². The van der Waals surface area contributed by atoms with E-state index in [1.165, 1.54) is 12.8 Å². The van der Waals surface area contributed by atoms with E-state index in [0.29, 0.717) is 12.2 Å². The fraction of sp³-hybridized carbons (Fsp3) is 0.583. The lowest BCUT2D eigenvalue weighted by atomic mass is 9.98. The molecule has 0 spiro atoms. The zero-order valence-corrected chi connectivity index (χ0v) is 10.7. The second-order valence-corrected chi connectivity index (χ2v) is 4.33. The molecule has 0 atom stereocenters. The van der Waals surface area contributed by atoms with Crippen molar-refractivity contribution in [3.63, 3.8) is 0 Å². The topological polar surface area (TPSA) is 56.9 Å². The van der Waals surface area contributed by atoms with Gasteiger partial charge < -0.3 is 15.6 Å². The lowest BCUT2D eigenvalue weighted by Crippen LogP contribution is -2.35. The van der Waals surface area contributed by atoms with E-state index in [4.69, 9.17) is 0 Å². The van der Waals surface area contributed by atoms with Crippen molar-refractivity contribution < 1.29 is 4.79 Å². The normalized spacial score (nSPS) is 16.5. The number of hydrogen-bond donors (Lipinski definition) is 3. The molecule has 1 fully saturated rings. The van der Waals surface area contributed by atoms with Gasteiger partial charge in [-0.25, -0.2) is 0 Å². The van der Waals surface area contributed by atoms with Gasteiger partial charge in [-0.1, -0.05) is 0 Å². The zero-order valence-electron chi connectivity index (χ0n) is 9.87. The Labute approximate surface area is 108 Å². The van der Waals surface area contributed by atoms with Crippen LogP contribution in [0.3, 0.4) is 0 Å². The molecule has 1 aromatic rings. The van der Waals surface area contributed by atoms with E-state index in [9.17, 15) is 4.79 Å². The summed E-state index contributed by atoms with van der Waals surface area (Å²) >= 11 is 0. The van der Waals surface area contributed by atoms with Crippen molar-refractivity contribution in [1.29, 1.82) is 0 Å². The summed E-state index contributed by atoms with van der Waals surface area (Å²) in [6.07, 6.45) is 4.20. The van der Waals surface area contributed by atoms with E-state index in [2.05, 4.69) is 15.6 Å². The maximum absolute atomic E-state index is 11.6. The minimum absolute atomic E-state index is 0. The number of carbonyl (C=O) groups is 1. The first kappa shape index (κ1) is 14.2. The first-order valence-electron chi connectivity index (χ1n) is 5.94. The van der Waals surface area contributed by atoms with Gasteiger partial charge in [-0.3, -0.25) is 4.79 Å². The molecule has 2 rings (SSSR count). The number of piperidine rings is 1. The van der Waals surface area contributed by atoms with Gasteiger partial charge in [0.25, 0.3) is 0 Å². The van der Waals surface area contributed by atoms with Crippen LogP contribution in [0.5, 0.6) is 0 Å². The predicted molar refractivity (Wildman–Crippen MR) is 70.8 cm³/mol. The van der Waals surface area contributed by atoms with Crippen molar-refractivity contribution in [1.82, 2.24) is 15.6 Å². The molecule has 1 aliphatic heterocycles. The number of aromatic nitrogens is 1. The van der Waals surface area contributed by atoms with E-state index in [-0.39, 0.29) is 18.2 Å². The van der Waals surface area contributed by atoms with Crippen LogP contribution in [0.2, 0.25) is 0 Å². The number of rotatable bonds is 5. The number of Topliss-reactive ketones (excluding diaryl/α,β-unsaturated/α-hetero) is 1. The van der Waals surface area contributed by atoms with Gasteiger partial charge in [0.15, 0.2) is 5.78 Å². The highest BCUT2D eigenvalue weighted by Crippen LogP contribution is 2.09. The van der Waals surface area contributed by atoms with Crippen LogP contribution in [0.4, 0.5) is 0 Å². The van der Waals surface area contributed by atoms with Crippen LogP contribution < -0.4 is 10.6 Å². The minimum atomic E-state index is 0. The third-order valence-electron chi connectivity index (χ3n) is 3.08. The fourth-order valence-corrected chi connectivity index (χ4v) is 2.07. The summed E-state index contributed by atoms with van der Waals surface area (Å²) in [5.74, 6) is 0.858. The van der Waals surface area contributed by atoms with E-state index < -0.39 is 0 Å². The van der Waals surface area contributed by atoms with Gasteiger partial charge >= 0.3 is 0 Å². The molecule has 17 heavy (non-hydrogen) atoms. The number of halogens is 1. The Balaban J connectivity index is 0.00000144. The molecule has 0 aliphatic carbocycles. The van der Waals surface area contributed by atoms with Gasteiger partial charge in [-0.2, -0.15) is 0 Å². The molecule has 3 N–H and O–H groups in total. The van der Waals surface area contributed by atoms with E-state index in [1.807, 2.05) is 12.1 Å². The highest BCUT2D eigenvalue weighted by atomic mass is 35.5. The Bertz CT molecular complexity index is 321. The first-order chi connectivity index (χ1) is 7.86. The molecule has 0 unspecified atom stereocenters. The van der Waals surface area contributed by atoms with Crippen LogP contribution in [0.15, 0.2) is 18.3 Å². The van der Waals surface area contributed by atoms with Gasteiger partial charge in [-0.05, 0) is 50.5 Å². The number of hydrogen-bond acceptors (Lipinski definition) is 3. The van der Waals surface area contributed by atoms with Crippen LogP contribution in [-0.2, 0) is 0 Å². The highest BCUT2D eigenvalue weighted by Gasteiger charge is 2.13. The summed E-state index contributed by atoms with van der Waals surface area (Å²) in [4.78, 5) is 14.6. The van der Waals surface area contributed by atoms with Gasteiger partial charge in [-0.15, -0.1) is 12.4 Å². The van der Waals surface area contributed by atoms with Crippen LogP contribution in [-0.4, -0.2) is 36.9 Å². The van der Waals surface area contributed by atoms with E-state index >= 15 is 0 Å². The molecule has 0 aromatic carbocycles. The molecule has 96 valence electrons. The summed E-state index contributed by atoms with van der Waals surface area (Å²) in [7, 11) is 0. The van der Waals surface area contributed by atoms with E-state index in [1.54, 1.807) is 6.20 Å². The van der Waals surface area contributed by atoms with E-state index in [0.717, 1.165) is 25.6 Å². The lowest BCUT2D eigenvalue weighted by Gasteiger charge is -2.22. The number of ketones is 1. The molecular weight excluding hydrogens is 238 g/mol. The maximum atomic E-state index is 11.6. The predicted octanol–water partition coefficient (Wildman–Crippen LogP) is 1.21. The molecule has 1 saturated heterocycles. The molecule has 0 amide bonds. The number of H-pyrrole nitrogens is 1.